The highest BCUT2D eigenvalue weighted by molar-refractivity contribution is 5.95. The van der Waals surface area contributed by atoms with Gasteiger partial charge in [0.1, 0.15) is 0 Å². The quantitative estimate of drug-likeness (QED) is 0.489. The number of hydrogen-bond donors (Lipinski definition) is 2. The van der Waals surface area contributed by atoms with Gasteiger partial charge >= 0.3 is 0 Å². The largest absolute Gasteiger partial charge is 0.347 e. The SMILES string of the molecule is C#Cc1cccc(NC(=O)CNC(=NC)N2CCC(c3cnn(C)c3)C2)c1. The molecule has 1 aromatic heterocycles. The Morgan fingerprint density at radius 3 is 3.04 bits per heavy atom. The third-order valence-corrected chi connectivity index (χ3v) is 4.62. The first-order valence-electron chi connectivity index (χ1n) is 8.89. The van der Waals surface area contributed by atoms with Crippen molar-refractivity contribution in [2.24, 2.45) is 12.0 Å². The second-order valence-electron chi connectivity index (χ2n) is 6.55. The molecule has 1 aromatic carbocycles. The molecule has 2 aromatic rings. The average Bonchev–Trinajstić information content (AvgIpc) is 3.31. The zero-order valence-electron chi connectivity index (χ0n) is 15.6. The van der Waals surface area contributed by atoms with Crippen LogP contribution in [0.5, 0.6) is 0 Å². The summed E-state index contributed by atoms with van der Waals surface area (Å²) in [6, 6.07) is 7.22. The fourth-order valence-corrected chi connectivity index (χ4v) is 3.26. The van der Waals surface area contributed by atoms with Crippen molar-refractivity contribution in [2.45, 2.75) is 12.3 Å². The predicted molar refractivity (Wildman–Crippen MR) is 107 cm³/mol. The van der Waals surface area contributed by atoms with Crippen LogP contribution in [0.25, 0.3) is 0 Å². The van der Waals surface area contributed by atoms with E-state index in [1.807, 2.05) is 36.1 Å². The van der Waals surface area contributed by atoms with E-state index in [1.54, 1.807) is 13.1 Å². The number of carbonyl (C=O) groups excluding carboxylic acids is 1. The highest BCUT2D eigenvalue weighted by Gasteiger charge is 2.27. The summed E-state index contributed by atoms with van der Waals surface area (Å²) in [6.45, 7) is 1.89. The molecule has 1 aliphatic heterocycles. The lowest BCUT2D eigenvalue weighted by molar-refractivity contribution is -0.115. The molecule has 2 N–H and O–H groups in total. The minimum Gasteiger partial charge on any atom is -0.347 e. The molecule has 1 atom stereocenters. The molecule has 0 bridgehead atoms. The number of nitrogens with one attached hydrogen (secondary N) is 2. The summed E-state index contributed by atoms with van der Waals surface area (Å²) in [4.78, 5) is 18.7. The van der Waals surface area contributed by atoms with Crippen LogP contribution in [-0.2, 0) is 11.8 Å². The molecule has 1 unspecified atom stereocenters. The molecular weight excluding hydrogens is 340 g/mol. The predicted octanol–water partition coefficient (Wildman–Crippen LogP) is 1.40. The van der Waals surface area contributed by atoms with Crippen molar-refractivity contribution in [1.29, 1.82) is 0 Å². The van der Waals surface area contributed by atoms with Gasteiger partial charge in [-0.15, -0.1) is 6.42 Å². The van der Waals surface area contributed by atoms with E-state index < -0.39 is 0 Å². The minimum absolute atomic E-state index is 0.140. The molecule has 0 aliphatic carbocycles. The molecular formula is C20H24N6O. The number of likely N-dealkylation sites (tertiary alicyclic amines) is 1. The van der Waals surface area contributed by atoms with E-state index in [9.17, 15) is 4.79 Å². The Labute approximate surface area is 159 Å². The summed E-state index contributed by atoms with van der Waals surface area (Å²) >= 11 is 0. The summed E-state index contributed by atoms with van der Waals surface area (Å²) in [6.07, 6.45) is 10.4. The van der Waals surface area contributed by atoms with E-state index in [-0.39, 0.29) is 12.5 Å². The maximum atomic E-state index is 12.2. The van der Waals surface area contributed by atoms with Crippen molar-refractivity contribution in [2.75, 3.05) is 32.0 Å². The average molecular weight is 364 g/mol. The number of nitrogens with zero attached hydrogens (tertiary/aromatic N) is 4. The zero-order chi connectivity index (χ0) is 19.2. The van der Waals surface area contributed by atoms with Crippen LogP contribution in [0.2, 0.25) is 0 Å². The van der Waals surface area contributed by atoms with Gasteiger partial charge in [0, 0.05) is 50.6 Å². The van der Waals surface area contributed by atoms with Crippen molar-refractivity contribution < 1.29 is 4.79 Å². The molecule has 0 spiro atoms. The van der Waals surface area contributed by atoms with E-state index in [4.69, 9.17) is 6.42 Å². The van der Waals surface area contributed by atoms with E-state index in [0.29, 0.717) is 11.6 Å². The van der Waals surface area contributed by atoms with Gasteiger partial charge in [-0.05, 0) is 30.2 Å². The van der Waals surface area contributed by atoms with Crippen molar-refractivity contribution in [3.05, 3.63) is 47.8 Å². The Kier molecular flexibility index (Phi) is 5.77. The number of hydrogen-bond acceptors (Lipinski definition) is 3. The fraction of sp³-hybridized carbons (Fsp3) is 0.350. The molecule has 1 fully saturated rings. The van der Waals surface area contributed by atoms with E-state index in [0.717, 1.165) is 31.0 Å². The molecule has 27 heavy (non-hydrogen) atoms. The molecule has 1 amide bonds. The van der Waals surface area contributed by atoms with Crippen molar-refractivity contribution in [1.82, 2.24) is 20.0 Å². The summed E-state index contributed by atoms with van der Waals surface area (Å²) in [5, 5.41) is 10.2. The first-order valence-corrected chi connectivity index (χ1v) is 8.89. The van der Waals surface area contributed by atoms with E-state index in [2.05, 4.69) is 37.7 Å². The first kappa shape index (κ1) is 18.5. The summed E-state index contributed by atoms with van der Waals surface area (Å²) in [5.74, 6) is 3.57. The van der Waals surface area contributed by atoms with Crippen LogP contribution in [0.3, 0.4) is 0 Å². The van der Waals surface area contributed by atoms with Gasteiger partial charge in [0.05, 0.1) is 12.7 Å². The summed E-state index contributed by atoms with van der Waals surface area (Å²) in [7, 11) is 3.66. The molecule has 1 aliphatic rings. The van der Waals surface area contributed by atoms with Crippen LogP contribution in [-0.4, -0.2) is 53.2 Å². The fourth-order valence-electron chi connectivity index (χ4n) is 3.26. The Morgan fingerprint density at radius 2 is 2.33 bits per heavy atom. The number of benzene rings is 1. The minimum atomic E-state index is -0.145. The van der Waals surface area contributed by atoms with Gasteiger partial charge in [0.25, 0.3) is 0 Å². The normalized spacial score (nSPS) is 16.9. The Balaban J connectivity index is 1.52. The van der Waals surface area contributed by atoms with Crippen LogP contribution >= 0.6 is 0 Å². The lowest BCUT2D eigenvalue weighted by Gasteiger charge is -2.21. The van der Waals surface area contributed by atoms with Crippen LogP contribution in [0.4, 0.5) is 5.69 Å². The molecule has 140 valence electrons. The number of aromatic nitrogens is 2. The number of aryl methyl sites for hydroxylation is 1. The first-order chi connectivity index (χ1) is 13.1. The molecule has 3 rings (SSSR count). The molecule has 0 saturated carbocycles. The molecule has 1 saturated heterocycles. The number of rotatable bonds is 4. The number of anilines is 1. The standard InChI is InChI=1S/C20H24N6O/c1-4-15-6-5-7-18(10-15)24-19(27)12-22-20(21-2)26-9-8-16(14-26)17-11-23-25(3)13-17/h1,5-7,10-11,13,16H,8-9,12,14H2,2-3H3,(H,21,22)(H,24,27). The van der Waals surface area contributed by atoms with Crippen molar-refractivity contribution >= 4 is 17.6 Å². The molecule has 7 nitrogen and oxygen atoms in total. The van der Waals surface area contributed by atoms with Gasteiger partial charge in [0.15, 0.2) is 5.96 Å². The van der Waals surface area contributed by atoms with Gasteiger partial charge in [-0.1, -0.05) is 12.0 Å². The van der Waals surface area contributed by atoms with E-state index >= 15 is 0 Å². The monoisotopic (exact) mass is 364 g/mol. The van der Waals surface area contributed by atoms with Crippen LogP contribution < -0.4 is 10.6 Å². The number of carbonyl (C=O) groups is 1. The maximum absolute atomic E-state index is 12.2. The van der Waals surface area contributed by atoms with Gasteiger partial charge in [-0.25, -0.2) is 0 Å². The second-order valence-corrected chi connectivity index (χ2v) is 6.55. The number of amides is 1. The molecule has 0 radical (unpaired) electrons. The highest BCUT2D eigenvalue weighted by atomic mass is 16.1. The molecule has 2 heterocycles. The maximum Gasteiger partial charge on any atom is 0.243 e. The zero-order valence-corrected chi connectivity index (χ0v) is 15.6. The third kappa shape index (κ3) is 4.67. The van der Waals surface area contributed by atoms with Crippen LogP contribution in [0.15, 0.2) is 41.7 Å². The highest BCUT2D eigenvalue weighted by Crippen LogP contribution is 2.26. The van der Waals surface area contributed by atoms with Gasteiger partial charge in [-0.3, -0.25) is 14.5 Å². The Bertz CT molecular complexity index is 879. The van der Waals surface area contributed by atoms with E-state index in [1.165, 1.54) is 5.56 Å². The van der Waals surface area contributed by atoms with Gasteiger partial charge in [-0.2, -0.15) is 5.10 Å². The Hall–Kier alpha value is -3.27. The number of guanidine groups is 1. The van der Waals surface area contributed by atoms with Gasteiger partial charge in [0.2, 0.25) is 5.91 Å². The summed E-state index contributed by atoms with van der Waals surface area (Å²) < 4.78 is 1.82. The lowest BCUT2D eigenvalue weighted by atomic mass is 10.0. The number of terminal acetylenes is 1. The smallest absolute Gasteiger partial charge is 0.243 e. The van der Waals surface area contributed by atoms with Crippen molar-refractivity contribution in [3.8, 4) is 12.3 Å². The van der Waals surface area contributed by atoms with Crippen LogP contribution in [0, 0.1) is 12.3 Å². The lowest BCUT2D eigenvalue weighted by Crippen LogP contribution is -2.43. The number of aliphatic imine (C=N–C) groups is 1. The van der Waals surface area contributed by atoms with Crippen molar-refractivity contribution in [3.63, 3.8) is 0 Å². The third-order valence-electron chi connectivity index (χ3n) is 4.62. The van der Waals surface area contributed by atoms with Crippen LogP contribution in [0.1, 0.15) is 23.5 Å². The van der Waals surface area contributed by atoms with Gasteiger partial charge < -0.3 is 15.5 Å². The topological polar surface area (TPSA) is 74.6 Å². The Morgan fingerprint density at radius 1 is 1.48 bits per heavy atom. The molecule has 7 heteroatoms. The second kappa shape index (κ2) is 8.41. The summed E-state index contributed by atoms with van der Waals surface area (Å²) in [5.41, 5.74) is 2.65.